The van der Waals surface area contributed by atoms with E-state index in [-0.39, 0.29) is 11.3 Å². The first-order chi connectivity index (χ1) is 12.0. The van der Waals surface area contributed by atoms with Crippen molar-refractivity contribution in [1.29, 1.82) is 0 Å². The molecule has 3 rings (SSSR count). The van der Waals surface area contributed by atoms with Crippen LogP contribution in [0.25, 0.3) is 10.9 Å². The quantitative estimate of drug-likeness (QED) is 0.674. The molecular weight excluding hydrogens is 382 g/mol. The standard InChI is InChI=1S/C19H18BrN3O2/c1-13-11-14(7-8-16(13)20)22(2)19(25)9-10-23-17-6-4-3-5-15(17)18(24)12-21-23/h3-8,11-12H,9-10H2,1-2H3. The summed E-state index contributed by atoms with van der Waals surface area (Å²) in [6.45, 7) is 2.40. The molecule has 1 aromatic heterocycles. The van der Waals surface area contributed by atoms with Gasteiger partial charge in [0.2, 0.25) is 11.3 Å². The van der Waals surface area contributed by atoms with Gasteiger partial charge in [0, 0.05) is 29.0 Å². The summed E-state index contributed by atoms with van der Waals surface area (Å²) in [7, 11) is 1.77. The Morgan fingerprint density at radius 2 is 2.00 bits per heavy atom. The number of carbonyl (C=O) groups excluding carboxylic acids is 1. The van der Waals surface area contributed by atoms with Crippen molar-refractivity contribution >= 4 is 38.4 Å². The van der Waals surface area contributed by atoms with E-state index in [0.29, 0.717) is 18.4 Å². The van der Waals surface area contributed by atoms with Gasteiger partial charge < -0.3 is 4.90 Å². The van der Waals surface area contributed by atoms with Gasteiger partial charge in [-0.3, -0.25) is 14.3 Å². The van der Waals surface area contributed by atoms with Gasteiger partial charge in [0.05, 0.1) is 18.3 Å². The number of aromatic nitrogens is 2. The van der Waals surface area contributed by atoms with Gasteiger partial charge in [-0.15, -0.1) is 0 Å². The fourth-order valence-electron chi connectivity index (χ4n) is 2.69. The minimum Gasteiger partial charge on any atom is -0.315 e. The molecule has 3 aromatic rings. The van der Waals surface area contributed by atoms with Crippen LogP contribution in [0.4, 0.5) is 5.69 Å². The third-order valence-corrected chi connectivity index (χ3v) is 5.09. The van der Waals surface area contributed by atoms with Crippen LogP contribution in [0.5, 0.6) is 0 Å². The number of aryl methyl sites for hydroxylation is 2. The lowest BCUT2D eigenvalue weighted by Crippen LogP contribution is -2.27. The van der Waals surface area contributed by atoms with E-state index in [4.69, 9.17) is 0 Å². The fraction of sp³-hybridized carbons (Fsp3) is 0.211. The van der Waals surface area contributed by atoms with Gasteiger partial charge in [-0.05, 0) is 42.8 Å². The maximum absolute atomic E-state index is 12.5. The molecule has 0 bridgehead atoms. The fourth-order valence-corrected chi connectivity index (χ4v) is 2.94. The molecule has 5 nitrogen and oxygen atoms in total. The number of nitrogens with zero attached hydrogens (tertiary/aromatic N) is 3. The van der Waals surface area contributed by atoms with Crippen LogP contribution in [-0.4, -0.2) is 22.7 Å². The summed E-state index contributed by atoms with van der Waals surface area (Å²) in [6.07, 6.45) is 1.60. The van der Waals surface area contributed by atoms with Crippen LogP contribution in [-0.2, 0) is 11.3 Å². The predicted octanol–water partition coefficient (Wildman–Crippen LogP) is 3.52. The van der Waals surface area contributed by atoms with E-state index in [1.54, 1.807) is 22.7 Å². The van der Waals surface area contributed by atoms with E-state index in [0.717, 1.165) is 21.2 Å². The second-order valence-corrected chi connectivity index (χ2v) is 6.74. The summed E-state index contributed by atoms with van der Waals surface area (Å²) >= 11 is 3.47. The number of hydrogen-bond donors (Lipinski definition) is 0. The summed E-state index contributed by atoms with van der Waals surface area (Å²) in [5.41, 5.74) is 2.55. The summed E-state index contributed by atoms with van der Waals surface area (Å²) in [5.74, 6) is -0.00805. The summed E-state index contributed by atoms with van der Waals surface area (Å²) < 4.78 is 2.72. The predicted molar refractivity (Wildman–Crippen MR) is 103 cm³/mol. The van der Waals surface area contributed by atoms with Crippen molar-refractivity contribution in [2.24, 2.45) is 0 Å². The molecule has 0 atom stereocenters. The molecule has 0 N–H and O–H groups in total. The highest BCUT2D eigenvalue weighted by atomic mass is 79.9. The van der Waals surface area contributed by atoms with Crippen molar-refractivity contribution in [3.8, 4) is 0 Å². The van der Waals surface area contributed by atoms with Crippen LogP contribution in [0.3, 0.4) is 0 Å². The van der Waals surface area contributed by atoms with Gasteiger partial charge in [-0.1, -0.05) is 28.1 Å². The van der Waals surface area contributed by atoms with E-state index >= 15 is 0 Å². The van der Waals surface area contributed by atoms with Crippen molar-refractivity contribution < 1.29 is 4.79 Å². The molecule has 1 amide bonds. The zero-order valence-electron chi connectivity index (χ0n) is 14.1. The van der Waals surface area contributed by atoms with Gasteiger partial charge in [-0.2, -0.15) is 5.10 Å². The van der Waals surface area contributed by atoms with Crippen LogP contribution in [0.1, 0.15) is 12.0 Å². The number of anilines is 1. The van der Waals surface area contributed by atoms with Crippen molar-refractivity contribution in [1.82, 2.24) is 9.78 Å². The highest BCUT2D eigenvalue weighted by Crippen LogP contribution is 2.22. The van der Waals surface area contributed by atoms with Crippen LogP contribution < -0.4 is 10.3 Å². The third-order valence-electron chi connectivity index (χ3n) is 4.20. The Balaban J connectivity index is 1.77. The molecule has 2 aromatic carbocycles. The molecule has 0 spiro atoms. The SMILES string of the molecule is Cc1cc(N(C)C(=O)CCn2ncc(=O)c3ccccc32)ccc1Br. The lowest BCUT2D eigenvalue weighted by molar-refractivity contribution is -0.118. The molecule has 25 heavy (non-hydrogen) atoms. The van der Waals surface area contributed by atoms with E-state index in [1.807, 2.05) is 43.3 Å². The molecule has 0 aliphatic heterocycles. The maximum Gasteiger partial charge on any atom is 0.228 e. The number of carbonyl (C=O) groups is 1. The van der Waals surface area contributed by atoms with Gasteiger partial charge in [0.15, 0.2) is 0 Å². The Bertz CT molecular complexity index is 997. The molecule has 6 heteroatoms. The summed E-state index contributed by atoms with van der Waals surface area (Å²) in [5, 5.41) is 4.78. The topological polar surface area (TPSA) is 55.2 Å². The molecule has 0 unspecified atom stereocenters. The maximum atomic E-state index is 12.5. The average molecular weight is 400 g/mol. The molecule has 0 saturated heterocycles. The number of benzene rings is 2. The average Bonchev–Trinajstić information content (AvgIpc) is 2.63. The largest absolute Gasteiger partial charge is 0.315 e. The normalized spacial score (nSPS) is 10.8. The van der Waals surface area contributed by atoms with E-state index < -0.39 is 0 Å². The summed E-state index contributed by atoms with van der Waals surface area (Å²) in [6, 6.07) is 13.1. The lowest BCUT2D eigenvalue weighted by atomic mass is 10.2. The van der Waals surface area contributed by atoms with Gasteiger partial charge in [0.1, 0.15) is 0 Å². The molecule has 0 radical (unpaired) electrons. The minimum absolute atomic E-state index is 0.00805. The van der Waals surface area contributed by atoms with Crippen molar-refractivity contribution in [3.05, 3.63) is 68.9 Å². The number of hydrogen-bond acceptors (Lipinski definition) is 3. The van der Waals surface area contributed by atoms with Gasteiger partial charge in [-0.25, -0.2) is 0 Å². The second kappa shape index (κ2) is 7.19. The van der Waals surface area contributed by atoms with Crippen molar-refractivity contribution in [2.75, 3.05) is 11.9 Å². The monoisotopic (exact) mass is 399 g/mol. The van der Waals surface area contributed by atoms with Crippen LogP contribution >= 0.6 is 15.9 Å². The number of para-hydroxylation sites is 1. The van der Waals surface area contributed by atoms with E-state index in [2.05, 4.69) is 21.0 Å². The molecule has 0 fully saturated rings. The molecular formula is C19H18BrN3O2. The Morgan fingerprint density at radius 1 is 1.24 bits per heavy atom. The van der Waals surface area contributed by atoms with Crippen molar-refractivity contribution in [3.63, 3.8) is 0 Å². The molecule has 128 valence electrons. The van der Waals surface area contributed by atoms with Crippen LogP contribution in [0, 0.1) is 6.92 Å². The van der Waals surface area contributed by atoms with E-state index in [9.17, 15) is 9.59 Å². The Kier molecular flexibility index (Phi) is 4.99. The minimum atomic E-state index is -0.111. The molecule has 0 saturated carbocycles. The third kappa shape index (κ3) is 3.64. The smallest absolute Gasteiger partial charge is 0.228 e. The zero-order chi connectivity index (χ0) is 18.0. The highest BCUT2D eigenvalue weighted by Gasteiger charge is 2.13. The lowest BCUT2D eigenvalue weighted by Gasteiger charge is -2.19. The van der Waals surface area contributed by atoms with E-state index in [1.165, 1.54) is 6.20 Å². The Labute approximate surface area is 154 Å². The first-order valence-corrected chi connectivity index (χ1v) is 8.74. The van der Waals surface area contributed by atoms with Crippen LogP contribution in [0.2, 0.25) is 0 Å². The summed E-state index contributed by atoms with van der Waals surface area (Å²) in [4.78, 5) is 26.0. The second-order valence-electron chi connectivity index (χ2n) is 5.89. The van der Waals surface area contributed by atoms with Crippen molar-refractivity contribution in [2.45, 2.75) is 19.9 Å². The first kappa shape index (κ1) is 17.4. The Morgan fingerprint density at radius 3 is 2.76 bits per heavy atom. The highest BCUT2D eigenvalue weighted by molar-refractivity contribution is 9.10. The zero-order valence-corrected chi connectivity index (χ0v) is 15.7. The van der Waals surface area contributed by atoms with Crippen LogP contribution in [0.15, 0.2) is 57.9 Å². The number of halogens is 1. The number of rotatable bonds is 4. The number of fused-ring (bicyclic) bond motifs is 1. The molecule has 0 aliphatic carbocycles. The number of amides is 1. The van der Waals surface area contributed by atoms with Gasteiger partial charge in [0.25, 0.3) is 0 Å². The Hall–Kier alpha value is -2.47. The molecule has 1 heterocycles. The van der Waals surface area contributed by atoms with Gasteiger partial charge >= 0.3 is 0 Å². The molecule has 0 aliphatic rings. The first-order valence-electron chi connectivity index (χ1n) is 7.95.